The van der Waals surface area contributed by atoms with E-state index in [1.165, 1.54) is 23.2 Å². The number of aliphatic hydroxyl groups is 2. The number of nitrogens with zero attached hydrogens (tertiary/aromatic N) is 5. The molecular formula is C24H23F3N6O4. The van der Waals surface area contributed by atoms with Crippen LogP contribution >= 0.6 is 0 Å². The van der Waals surface area contributed by atoms with Crippen LogP contribution in [0.15, 0.2) is 48.7 Å². The summed E-state index contributed by atoms with van der Waals surface area (Å²) in [6, 6.07) is 8.74. The van der Waals surface area contributed by atoms with E-state index >= 15 is 0 Å². The van der Waals surface area contributed by atoms with Crippen molar-refractivity contribution in [2.24, 2.45) is 0 Å². The first-order valence-electron chi connectivity index (χ1n) is 11.5. The van der Waals surface area contributed by atoms with Gasteiger partial charge in [-0.3, -0.25) is 10.2 Å². The number of hydrogen-bond acceptors (Lipinski definition) is 8. The average molecular weight is 516 g/mol. The molecule has 1 unspecified atom stereocenters. The zero-order valence-electron chi connectivity index (χ0n) is 19.4. The Balaban J connectivity index is 1.42. The van der Waals surface area contributed by atoms with E-state index in [2.05, 4.69) is 20.3 Å². The van der Waals surface area contributed by atoms with Crippen LogP contribution in [0, 0.1) is 0 Å². The summed E-state index contributed by atoms with van der Waals surface area (Å²) in [4.78, 5) is 29.9. The van der Waals surface area contributed by atoms with Gasteiger partial charge in [0.2, 0.25) is 5.88 Å². The number of halogens is 3. The van der Waals surface area contributed by atoms with Gasteiger partial charge in [0.1, 0.15) is 18.5 Å². The highest BCUT2D eigenvalue weighted by atomic mass is 19.4. The summed E-state index contributed by atoms with van der Waals surface area (Å²) in [5.41, 5.74) is -0.0189. The summed E-state index contributed by atoms with van der Waals surface area (Å²) >= 11 is 0. The van der Waals surface area contributed by atoms with Gasteiger partial charge in [0.15, 0.2) is 11.6 Å². The van der Waals surface area contributed by atoms with Crippen LogP contribution in [-0.4, -0.2) is 69.6 Å². The van der Waals surface area contributed by atoms with Crippen molar-refractivity contribution in [1.82, 2.24) is 15.0 Å². The van der Waals surface area contributed by atoms with Crippen LogP contribution < -0.4 is 19.9 Å². The fourth-order valence-electron chi connectivity index (χ4n) is 4.32. The van der Waals surface area contributed by atoms with E-state index in [4.69, 9.17) is 9.84 Å². The van der Waals surface area contributed by atoms with Gasteiger partial charge >= 0.3 is 12.2 Å². The molecule has 37 heavy (non-hydrogen) atoms. The maximum Gasteiger partial charge on any atom is 0.416 e. The smallest absolute Gasteiger partial charge is 0.416 e. The van der Waals surface area contributed by atoms with Gasteiger partial charge < -0.3 is 19.8 Å². The number of rotatable bonds is 6. The van der Waals surface area contributed by atoms with Crippen LogP contribution in [0.3, 0.4) is 0 Å². The first-order valence-corrected chi connectivity index (χ1v) is 11.5. The topological polar surface area (TPSA) is 124 Å². The summed E-state index contributed by atoms with van der Waals surface area (Å²) in [7, 11) is 0. The number of pyridine rings is 1. The van der Waals surface area contributed by atoms with Gasteiger partial charge in [-0.2, -0.15) is 18.2 Å². The predicted molar refractivity (Wildman–Crippen MR) is 127 cm³/mol. The number of benzene rings is 1. The predicted octanol–water partition coefficient (Wildman–Crippen LogP) is 2.92. The van der Waals surface area contributed by atoms with Crippen LogP contribution in [0.25, 0.3) is 11.4 Å². The normalized spacial score (nSPS) is 17.4. The molecule has 0 aliphatic carbocycles. The monoisotopic (exact) mass is 516 g/mol. The molecule has 2 aromatic heterocycles. The summed E-state index contributed by atoms with van der Waals surface area (Å²) < 4.78 is 45.0. The van der Waals surface area contributed by atoms with Crippen molar-refractivity contribution in [3.8, 4) is 17.3 Å². The van der Waals surface area contributed by atoms with Gasteiger partial charge in [0, 0.05) is 24.7 Å². The van der Waals surface area contributed by atoms with Gasteiger partial charge in [-0.1, -0.05) is 18.2 Å². The molecule has 1 fully saturated rings. The van der Waals surface area contributed by atoms with Crippen molar-refractivity contribution in [3.05, 3.63) is 54.2 Å². The summed E-state index contributed by atoms with van der Waals surface area (Å²) in [5, 5.41) is 21.1. The van der Waals surface area contributed by atoms with Crippen LogP contribution in [0.2, 0.25) is 0 Å². The highest BCUT2D eigenvalue weighted by Gasteiger charge is 2.41. The minimum absolute atomic E-state index is 0.0705. The number of urea groups is 1. The number of aliphatic hydroxyl groups excluding tert-OH is 2. The van der Waals surface area contributed by atoms with E-state index in [0.717, 1.165) is 12.1 Å². The number of nitrogens with one attached hydrogen (secondary N) is 1. The zero-order chi connectivity index (χ0) is 26.2. The Morgan fingerprint density at radius 1 is 1.22 bits per heavy atom. The third-order valence-corrected chi connectivity index (χ3v) is 6.11. The van der Waals surface area contributed by atoms with Gasteiger partial charge in [-0.05, 0) is 24.6 Å². The van der Waals surface area contributed by atoms with E-state index in [1.807, 2.05) is 4.90 Å². The summed E-state index contributed by atoms with van der Waals surface area (Å²) in [6.07, 6.45) is -3.37. The second kappa shape index (κ2) is 9.82. The quantitative estimate of drug-likeness (QED) is 0.457. The number of aromatic nitrogens is 3. The first kappa shape index (κ1) is 24.7. The molecule has 2 amide bonds. The van der Waals surface area contributed by atoms with E-state index < -0.39 is 30.5 Å². The lowest BCUT2D eigenvalue weighted by molar-refractivity contribution is -0.137. The Morgan fingerprint density at radius 3 is 2.81 bits per heavy atom. The second-order valence-corrected chi connectivity index (χ2v) is 8.68. The molecule has 1 aromatic carbocycles. The summed E-state index contributed by atoms with van der Waals surface area (Å²) in [6.45, 7) is 0.617. The molecule has 13 heteroatoms. The molecule has 4 heterocycles. The molecule has 10 nitrogen and oxygen atoms in total. The number of carbonyl (C=O) groups is 1. The maximum absolute atomic E-state index is 13.4. The lowest BCUT2D eigenvalue weighted by atomic mass is 10.1. The molecule has 0 saturated carbocycles. The van der Waals surface area contributed by atoms with Gasteiger partial charge in [0.05, 0.1) is 30.1 Å². The Labute approximate surface area is 209 Å². The van der Waals surface area contributed by atoms with Gasteiger partial charge in [0.25, 0.3) is 0 Å². The molecule has 2 bridgehead atoms. The van der Waals surface area contributed by atoms with Crippen molar-refractivity contribution in [2.75, 3.05) is 41.4 Å². The van der Waals surface area contributed by atoms with E-state index in [-0.39, 0.29) is 35.7 Å². The van der Waals surface area contributed by atoms with Crippen molar-refractivity contribution in [1.29, 1.82) is 0 Å². The number of fused-ring (bicyclic) bond motifs is 4. The van der Waals surface area contributed by atoms with Gasteiger partial charge in [-0.25, -0.2) is 14.8 Å². The molecule has 2 atom stereocenters. The summed E-state index contributed by atoms with van der Waals surface area (Å²) in [5.74, 6) is 0.703. The third-order valence-electron chi connectivity index (χ3n) is 6.11. The molecule has 2 aliphatic heterocycles. The number of carbonyl (C=O) groups excluding carboxylic acids is 1. The molecule has 3 aromatic rings. The lowest BCUT2D eigenvalue weighted by Gasteiger charge is -2.35. The second-order valence-electron chi connectivity index (χ2n) is 8.68. The molecule has 3 N–H and O–H groups in total. The van der Waals surface area contributed by atoms with Crippen LogP contribution in [0.5, 0.6) is 5.88 Å². The molecule has 0 spiro atoms. The van der Waals surface area contributed by atoms with E-state index in [1.54, 1.807) is 18.2 Å². The maximum atomic E-state index is 13.4. The van der Waals surface area contributed by atoms with Crippen LogP contribution in [0.4, 0.5) is 35.3 Å². The zero-order valence-corrected chi connectivity index (χ0v) is 19.4. The number of amides is 2. The molecular weight excluding hydrogens is 493 g/mol. The molecule has 1 saturated heterocycles. The van der Waals surface area contributed by atoms with Crippen molar-refractivity contribution >= 4 is 23.4 Å². The minimum Gasteiger partial charge on any atom is -0.475 e. The van der Waals surface area contributed by atoms with Crippen molar-refractivity contribution < 1.29 is 32.9 Å². The highest BCUT2D eigenvalue weighted by Crippen LogP contribution is 2.40. The first-order chi connectivity index (χ1) is 17.7. The minimum atomic E-state index is -4.51. The van der Waals surface area contributed by atoms with Crippen molar-refractivity contribution in [3.63, 3.8) is 0 Å². The SMILES string of the molecule is O=C(Nc1cccc(OC[C@H](O)CO)n1)N1c2nc(-c3cccc(C(F)(F)F)c3)ncc2N2CCC1C2. The lowest BCUT2D eigenvalue weighted by Crippen LogP contribution is -2.48. The molecule has 5 rings (SSSR count). The molecule has 2 aliphatic rings. The Morgan fingerprint density at radius 2 is 2.03 bits per heavy atom. The Hall–Kier alpha value is -3.97. The molecule has 194 valence electrons. The van der Waals surface area contributed by atoms with E-state index in [9.17, 15) is 23.1 Å². The average Bonchev–Trinajstić information content (AvgIpc) is 3.31. The van der Waals surface area contributed by atoms with Crippen LogP contribution in [-0.2, 0) is 6.18 Å². The van der Waals surface area contributed by atoms with Crippen molar-refractivity contribution in [2.45, 2.75) is 24.7 Å². The Bertz CT molecular complexity index is 1310. The van der Waals surface area contributed by atoms with Gasteiger partial charge in [-0.15, -0.1) is 0 Å². The third kappa shape index (κ3) is 5.13. The standard InChI is InChI=1S/C24H23F3N6O4/c25-24(26,27)15-4-1-3-14(9-15)21-28-10-18-22(31-21)33(16-7-8-32(18)11-16)23(36)30-19-5-2-6-20(29-19)37-13-17(35)12-34/h1-6,9-10,16-17,34-35H,7-8,11-13H2,(H,29,30,36)/t16?,17-/m1/s1. The van der Waals surface area contributed by atoms with E-state index in [0.29, 0.717) is 31.0 Å². The van der Waals surface area contributed by atoms with Crippen LogP contribution in [0.1, 0.15) is 12.0 Å². The highest BCUT2D eigenvalue weighted by molar-refractivity contribution is 6.04. The molecule has 0 radical (unpaired) electrons. The number of alkyl halides is 3. The number of hydrogen-bond donors (Lipinski definition) is 3. The fourth-order valence-corrected chi connectivity index (χ4v) is 4.32. The largest absolute Gasteiger partial charge is 0.475 e. The number of anilines is 3. The number of ether oxygens (including phenoxy) is 1. The fraction of sp³-hybridized carbons (Fsp3) is 0.333. The Kier molecular flexibility index (Phi) is 6.56.